The van der Waals surface area contributed by atoms with Crippen LogP contribution < -0.4 is 9.80 Å². The zero-order valence-corrected chi connectivity index (χ0v) is 39.6. The molecule has 0 bridgehead atoms. The maximum Gasteiger partial charge on any atom is 0.0540 e. The number of para-hydroxylation sites is 2. The van der Waals surface area contributed by atoms with E-state index in [0.29, 0.717) is 0 Å². The molecule has 0 spiro atoms. The highest BCUT2D eigenvalue weighted by Crippen LogP contribution is 2.42. The Kier molecular flexibility index (Phi) is 10.9. The average Bonchev–Trinajstić information content (AvgIpc) is 3.46. The first-order valence-electron chi connectivity index (χ1n) is 24.7. The molecule has 0 aliphatic carbocycles. The third-order valence-corrected chi connectivity index (χ3v) is 14.2. The van der Waals surface area contributed by atoms with Gasteiger partial charge in [-0.15, -0.1) is 0 Å². The van der Waals surface area contributed by atoms with E-state index in [1.807, 2.05) is 0 Å². The topological polar surface area (TPSA) is 6.48 Å². The summed E-state index contributed by atoms with van der Waals surface area (Å²) >= 11 is 0. The molecule has 0 amide bonds. The minimum atomic E-state index is 1.12. The summed E-state index contributed by atoms with van der Waals surface area (Å²) in [4.78, 5) is 4.70. The lowest BCUT2D eigenvalue weighted by Crippen LogP contribution is -2.10. The molecule has 338 valence electrons. The number of nitrogens with zero attached hydrogens (tertiary/aromatic N) is 2. The van der Waals surface area contributed by atoms with Crippen LogP contribution in [0.1, 0.15) is 0 Å². The van der Waals surface area contributed by atoms with E-state index in [9.17, 15) is 0 Å². The monoisotopic (exact) mass is 916 g/mol. The summed E-state index contributed by atoms with van der Waals surface area (Å²) in [6, 6.07) is 106. The summed E-state index contributed by atoms with van der Waals surface area (Å²) < 4.78 is 0. The summed E-state index contributed by atoms with van der Waals surface area (Å²) in [5.41, 5.74) is 16.4. The number of hydrogen-bond acceptors (Lipinski definition) is 2. The van der Waals surface area contributed by atoms with E-state index in [4.69, 9.17) is 0 Å². The Morgan fingerprint density at radius 2 is 0.458 bits per heavy atom. The van der Waals surface area contributed by atoms with Gasteiger partial charge in [-0.25, -0.2) is 0 Å². The van der Waals surface area contributed by atoms with Gasteiger partial charge in [-0.2, -0.15) is 0 Å². The van der Waals surface area contributed by atoms with Crippen LogP contribution >= 0.6 is 0 Å². The molecule has 13 aromatic carbocycles. The first-order valence-corrected chi connectivity index (χ1v) is 24.7. The van der Waals surface area contributed by atoms with E-state index in [0.717, 1.165) is 34.1 Å². The number of hydrogen-bond donors (Lipinski definition) is 0. The Hall–Kier alpha value is -9.50. The standard InChI is InChI=1S/C70H48N2/c1-3-17-63(18-4-1)71(69-23-11-15-55-13-7-9-21-67(55)69)65-41-37-51(38-42-65)49-25-29-53(30-26-49)57-33-35-59-48-62-46-58(34-36-60(62)47-61(59)45-57)54-31-27-50(28-32-54)52-39-43-66(44-40-52)72(64-19-5-2-6-20-64)70-24-12-16-56-14-8-10-22-68(56)70/h1-48H. The van der Waals surface area contributed by atoms with Crippen molar-refractivity contribution in [2.24, 2.45) is 0 Å². The number of benzene rings is 13. The van der Waals surface area contributed by atoms with Gasteiger partial charge in [0.15, 0.2) is 0 Å². The van der Waals surface area contributed by atoms with Gasteiger partial charge in [0.2, 0.25) is 0 Å². The lowest BCUT2D eigenvalue weighted by Gasteiger charge is -2.27. The fourth-order valence-corrected chi connectivity index (χ4v) is 10.5. The van der Waals surface area contributed by atoms with Crippen molar-refractivity contribution >= 4 is 77.2 Å². The number of fused-ring (bicyclic) bond motifs is 4. The second kappa shape index (κ2) is 18.4. The molecule has 0 aromatic heterocycles. The molecule has 2 heteroatoms. The third kappa shape index (κ3) is 8.11. The lowest BCUT2D eigenvalue weighted by molar-refractivity contribution is 1.30. The fourth-order valence-electron chi connectivity index (χ4n) is 10.5. The molecule has 0 saturated heterocycles. The summed E-state index contributed by atoms with van der Waals surface area (Å²) in [6.07, 6.45) is 0. The van der Waals surface area contributed by atoms with Gasteiger partial charge < -0.3 is 9.80 Å². The minimum absolute atomic E-state index is 1.12. The van der Waals surface area contributed by atoms with Crippen molar-refractivity contribution in [3.8, 4) is 44.5 Å². The molecule has 0 fully saturated rings. The molecule has 0 saturated carbocycles. The normalized spacial score (nSPS) is 11.3. The van der Waals surface area contributed by atoms with Crippen LogP contribution in [0.4, 0.5) is 34.1 Å². The first kappa shape index (κ1) is 42.6. The van der Waals surface area contributed by atoms with Crippen molar-refractivity contribution in [3.63, 3.8) is 0 Å². The molecule has 0 N–H and O–H groups in total. The predicted octanol–water partition coefficient (Wildman–Crippen LogP) is 19.9. The van der Waals surface area contributed by atoms with Gasteiger partial charge in [-0.3, -0.25) is 0 Å². The van der Waals surface area contributed by atoms with Crippen molar-refractivity contribution < 1.29 is 0 Å². The molecule has 13 aromatic rings. The van der Waals surface area contributed by atoms with Crippen LogP contribution in [0.25, 0.3) is 87.6 Å². The van der Waals surface area contributed by atoms with Crippen LogP contribution in [-0.4, -0.2) is 0 Å². The zero-order valence-electron chi connectivity index (χ0n) is 39.6. The molecule has 0 aliphatic rings. The molecule has 0 unspecified atom stereocenters. The van der Waals surface area contributed by atoms with Gasteiger partial charge in [-0.1, -0.05) is 206 Å². The van der Waals surface area contributed by atoms with Crippen molar-refractivity contribution in [1.82, 2.24) is 0 Å². The number of rotatable bonds is 10. The molecular formula is C70H48N2. The molecule has 0 atom stereocenters. The second-order valence-corrected chi connectivity index (χ2v) is 18.6. The third-order valence-electron chi connectivity index (χ3n) is 14.2. The zero-order chi connectivity index (χ0) is 47.8. The summed E-state index contributed by atoms with van der Waals surface area (Å²) in [7, 11) is 0. The molecular weight excluding hydrogens is 869 g/mol. The molecule has 0 heterocycles. The minimum Gasteiger partial charge on any atom is -0.310 e. The van der Waals surface area contributed by atoms with Crippen molar-refractivity contribution in [3.05, 3.63) is 291 Å². The summed E-state index contributed by atoms with van der Waals surface area (Å²) in [6.45, 7) is 0. The average molecular weight is 917 g/mol. The molecule has 2 nitrogen and oxygen atoms in total. The quantitative estimate of drug-likeness (QED) is 0.126. The highest BCUT2D eigenvalue weighted by atomic mass is 15.1. The summed E-state index contributed by atoms with van der Waals surface area (Å²) in [5.74, 6) is 0. The Labute approximate surface area is 420 Å². The van der Waals surface area contributed by atoms with Crippen LogP contribution in [0.2, 0.25) is 0 Å². The van der Waals surface area contributed by atoms with Gasteiger partial charge in [0.05, 0.1) is 11.4 Å². The second-order valence-electron chi connectivity index (χ2n) is 18.6. The Balaban J connectivity index is 0.722. The van der Waals surface area contributed by atoms with Gasteiger partial charge in [0.25, 0.3) is 0 Å². The molecule has 13 rings (SSSR count). The molecule has 72 heavy (non-hydrogen) atoms. The highest BCUT2D eigenvalue weighted by molar-refractivity contribution is 6.02. The molecule has 0 aliphatic heterocycles. The van der Waals surface area contributed by atoms with Gasteiger partial charge in [0.1, 0.15) is 0 Å². The summed E-state index contributed by atoms with van der Waals surface area (Å²) in [5, 5.41) is 9.84. The van der Waals surface area contributed by atoms with Crippen LogP contribution in [0.3, 0.4) is 0 Å². The van der Waals surface area contributed by atoms with Crippen molar-refractivity contribution in [1.29, 1.82) is 0 Å². The van der Waals surface area contributed by atoms with E-state index in [1.165, 1.54) is 87.6 Å². The maximum atomic E-state index is 2.35. The Morgan fingerprint density at radius 1 is 0.167 bits per heavy atom. The van der Waals surface area contributed by atoms with Gasteiger partial charge in [-0.05, 0) is 162 Å². The smallest absolute Gasteiger partial charge is 0.0540 e. The Morgan fingerprint density at radius 3 is 0.847 bits per heavy atom. The first-order chi connectivity index (χ1) is 35.7. The van der Waals surface area contributed by atoms with Crippen LogP contribution in [0.5, 0.6) is 0 Å². The van der Waals surface area contributed by atoms with E-state index < -0.39 is 0 Å². The van der Waals surface area contributed by atoms with Crippen LogP contribution in [0, 0.1) is 0 Å². The highest BCUT2D eigenvalue weighted by Gasteiger charge is 2.17. The van der Waals surface area contributed by atoms with Crippen molar-refractivity contribution in [2.45, 2.75) is 0 Å². The maximum absolute atomic E-state index is 2.35. The van der Waals surface area contributed by atoms with E-state index in [-0.39, 0.29) is 0 Å². The largest absolute Gasteiger partial charge is 0.310 e. The SMILES string of the molecule is c1ccc(N(c2ccc(-c3ccc(-c4ccc5cc6cc(-c7ccc(-c8ccc(N(c9ccccc9)c9cccc%10ccccc9%10)cc8)cc7)ccc6cc5c4)cc3)cc2)c2cccc3ccccc23)cc1. The van der Waals surface area contributed by atoms with Gasteiger partial charge in [0, 0.05) is 33.5 Å². The van der Waals surface area contributed by atoms with Crippen LogP contribution in [0.15, 0.2) is 291 Å². The fraction of sp³-hybridized carbons (Fsp3) is 0. The van der Waals surface area contributed by atoms with E-state index in [1.54, 1.807) is 0 Å². The van der Waals surface area contributed by atoms with E-state index in [2.05, 4.69) is 301 Å². The van der Waals surface area contributed by atoms with Gasteiger partial charge >= 0.3 is 0 Å². The predicted molar refractivity (Wildman–Crippen MR) is 308 cm³/mol. The Bertz CT molecular complexity index is 3770. The van der Waals surface area contributed by atoms with E-state index >= 15 is 0 Å². The molecule has 0 radical (unpaired) electrons. The lowest BCUT2D eigenvalue weighted by atomic mass is 9.95. The number of anilines is 6. The van der Waals surface area contributed by atoms with Crippen molar-refractivity contribution in [2.75, 3.05) is 9.80 Å². The van der Waals surface area contributed by atoms with Crippen LogP contribution in [-0.2, 0) is 0 Å².